The number of aliphatic carboxylic acids is 1. The molecule has 0 aliphatic carbocycles. The van der Waals surface area contributed by atoms with E-state index in [4.69, 9.17) is 9.52 Å². The summed E-state index contributed by atoms with van der Waals surface area (Å²) in [5.41, 5.74) is 0. The van der Waals surface area contributed by atoms with E-state index in [1.54, 1.807) is 13.8 Å². The average Bonchev–Trinajstić information content (AvgIpc) is 2.97. The summed E-state index contributed by atoms with van der Waals surface area (Å²) in [6, 6.07) is 3.81. The van der Waals surface area contributed by atoms with Gasteiger partial charge in [-0.05, 0) is 25.3 Å². The number of thioether (sulfide) groups is 1. The van der Waals surface area contributed by atoms with Gasteiger partial charge in [0.15, 0.2) is 0 Å². The van der Waals surface area contributed by atoms with Crippen molar-refractivity contribution in [3.05, 3.63) is 23.4 Å². The second-order valence-electron chi connectivity index (χ2n) is 4.08. The Morgan fingerprint density at radius 2 is 2.33 bits per heavy atom. The highest BCUT2D eigenvalue weighted by molar-refractivity contribution is 8.00. The Morgan fingerprint density at radius 1 is 1.56 bits per heavy atom. The van der Waals surface area contributed by atoms with Crippen molar-refractivity contribution >= 4 is 29.1 Å². The molecule has 0 aromatic carbocycles. The molecule has 5 nitrogen and oxygen atoms in total. The van der Waals surface area contributed by atoms with E-state index in [0.29, 0.717) is 17.5 Å². The van der Waals surface area contributed by atoms with Crippen molar-refractivity contribution in [2.75, 3.05) is 0 Å². The number of nitrogens with zero attached hydrogens (tertiary/aromatic N) is 2. The molecular formula is C11H12N2O3S2. The first kappa shape index (κ1) is 13.1. The van der Waals surface area contributed by atoms with Gasteiger partial charge in [0.1, 0.15) is 4.75 Å². The van der Waals surface area contributed by atoms with E-state index in [0.717, 1.165) is 4.88 Å². The van der Waals surface area contributed by atoms with Crippen molar-refractivity contribution in [3.8, 4) is 10.8 Å². The van der Waals surface area contributed by atoms with Crippen LogP contribution in [0.4, 0.5) is 0 Å². The highest BCUT2D eigenvalue weighted by Gasteiger charge is 2.28. The molecule has 0 atom stereocenters. The van der Waals surface area contributed by atoms with Gasteiger partial charge in [-0.1, -0.05) is 6.07 Å². The highest BCUT2D eigenvalue weighted by atomic mass is 32.2. The van der Waals surface area contributed by atoms with E-state index in [2.05, 4.69) is 10.2 Å². The molecule has 0 amide bonds. The van der Waals surface area contributed by atoms with Crippen LogP contribution in [-0.2, 0) is 10.5 Å². The smallest absolute Gasteiger partial charge is 0.319 e. The lowest BCUT2D eigenvalue weighted by Crippen LogP contribution is -2.27. The molecule has 0 bridgehead atoms. The SMILES string of the molecule is CC(C)(SCc1nnc(-c2cccs2)o1)C(=O)O. The number of rotatable bonds is 5. The van der Waals surface area contributed by atoms with Crippen LogP contribution in [-0.4, -0.2) is 26.0 Å². The van der Waals surface area contributed by atoms with Gasteiger partial charge in [0.25, 0.3) is 5.89 Å². The van der Waals surface area contributed by atoms with Gasteiger partial charge in [0.05, 0.1) is 10.6 Å². The molecule has 2 aromatic rings. The maximum atomic E-state index is 10.9. The second kappa shape index (κ2) is 5.11. The molecule has 0 aliphatic heterocycles. The topological polar surface area (TPSA) is 76.2 Å². The van der Waals surface area contributed by atoms with Crippen LogP contribution >= 0.6 is 23.1 Å². The summed E-state index contributed by atoms with van der Waals surface area (Å²) < 4.78 is 4.61. The van der Waals surface area contributed by atoms with E-state index >= 15 is 0 Å². The summed E-state index contributed by atoms with van der Waals surface area (Å²) in [7, 11) is 0. The maximum Gasteiger partial charge on any atom is 0.319 e. The summed E-state index contributed by atoms with van der Waals surface area (Å²) >= 11 is 2.78. The van der Waals surface area contributed by atoms with E-state index in [9.17, 15) is 4.79 Å². The van der Waals surface area contributed by atoms with E-state index in [1.807, 2.05) is 17.5 Å². The predicted octanol–water partition coefficient (Wildman–Crippen LogP) is 2.89. The Labute approximate surface area is 112 Å². The Balaban J connectivity index is 2.02. The predicted molar refractivity (Wildman–Crippen MR) is 70.6 cm³/mol. The first-order valence-electron chi connectivity index (χ1n) is 5.22. The number of hydrogen-bond donors (Lipinski definition) is 1. The van der Waals surface area contributed by atoms with E-state index in [-0.39, 0.29) is 0 Å². The van der Waals surface area contributed by atoms with Gasteiger partial charge in [-0.2, -0.15) is 0 Å². The fourth-order valence-corrected chi connectivity index (χ4v) is 2.48. The molecule has 7 heteroatoms. The zero-order valence-electron chi connectivity index (χ0n) is 9.91. The Hall–Kier alpha value is -1.34. The van der Waals surface area contributed by atoms with Crippen LogP contribution < -0.4 is 0 Å². The number of carboxylic acids is 1. The van der Waals surface area contributed by atoms with Crippen LogP contribution in [0.5, 0.6) is 0 Å². The van der Waals surface area contributed by atoms with Gasteiger partial charge in [0.2, 0.25) is 5.89 Å². The van der Waals surface area contributed by atoms with Crippen molar-refractivity contribution in [1.82, 2.24) is 10.2 Å². The molecule has 2 aromatic heterocycles. The highest BCUT2D eigenvalue weighted by Crippen LogP contribution is 2.29. The molecule has 0 spiro atoms. The summed E-state index contributed by atoms with van der Waals surface area (Å²) in [4.78, 5) is 11.9. The molecule has 0 fully saturated rings. The molecule has 2 heterocycles. The number of carboxylic acid groups (broad SMARTS) is 1. The second-order valence-corrected chi connectivity index (χ2v) is 6.63. The molecule has 2 rings (SSSR count). The molecule has 18 heavy (non-hydrogen) atoms. The van der Waals surface area contributed by atoms with Gasteiger partial charge in [-0.3, -0.25) is 4.79 Å². The van der Waals surface area contributed by atoms with Gasteiger partial charge in [-0.15, -0.1) is 33.3 Å². The van der Waals surface area contributed by atoms with Gasteiger partial charge >= 0.3 is 5.97 Å². The molecule has 0 saturated heterocycles. The number of aromatic nitrogens is 2. The van der Waals surface area contributed by atoms with Gasteiger partial charge in [0, 0.05) is 0 Å². The number of carbonyl (C=O) groups is 1. The lowest BCUT2D eigenvalue weighted by atomic mass is 10.2. The van der Waals surface area contributed by atoms with Crippen molar-refractivity contribution in [1.29, 1.82) is 0 Å². The molecule has 0 unspecified atom stereocenters. The Kier molecular flexibility index (Phi) is 3.72. The monoisotopic (exact) mass is 284 g/mol. The maximum absolute atomic E-state index is 10.9. The number of hydrogen-bond acceptors (Lipinski definition) is 6. The van der Waals surface area contributed by atoms with Crippen molar-refractivity contribution in [3.63, 3.8) is 0 Å². The van der Waals surface area contributed by atoms with Crippen LogP contribution in [0.2, 0.25) is 0 Å². The number of thiophene rings is 1. The lowest BCUT2D eigenvalue weighted by molar-refractivity contribution is -0.138. The minimum atomic E-state index is -0.864. The minimum Gasteiger partial charge on any atom is -0.480 e. The minimum absolute atomic E-state index is 0.387. The van der Waals surface area contributed by atoms with Gasteiger partial charge in [-0.25, -0.2) is 0 Å². The zero-order valence-corrected chi connectivity index (χ0v) is 11.5. The quantitative estimate of drug-likeness (QED) is 0.909. The molecule has 1 N–H and O–H groups in total. The molecule has 0 aliphatic rings. The summed E-state index contributed by atoms with van der Waals surface area (Å²) in [5, 5.41) is 18.8. The van der Waals surface area contributed by atoms with E-state index < -0.39 is 10.7 Å². The summed E-state index contributed by atoms with van der Waals surface area (Å²) in [6.07, 6.45) is 0. The van der Waals surface area contributed by atoms with E-state index in [1.165, 1.54) is 23.1 Å². The third-order valence-electron chi connectivity index (χ3n) is 2.27. The Bertz CT molecular complexity index is 534. The lowest BCUT2D eigenvalue weighted by Gasteiger charge is -2.16. The molecule has 0 saturated carbocycles. The Morgan fingerprint density at radius 3 is 2.94 bits per heavy atom. The molecule has 0 radical (unpaired) electrons. The first-order valence-corrected chi connectivity index (χ1v) is 7.09. The van der Waals surface area contributed by atoms with Crippen LogP contribution in [0.25, 0.3) is 10.8 Å². The molecular weight excluding hydrogens is 272 g/mol. The van der Waals surface area contributed by atoms with Crippen LogP contribution in [0.1, 0.15) is 19.7 Å². The van der Waals surface area contributed by atoms with Crippen molar-refractivity contribution in [2.24, 2.45) is 0 Å². The summed E-state index contributed by atoms with van der Waals surface area (Å²) in [5.74, 6) is 0.453. The third-order valence-corrected chi connectivity index (χ3v) is 4.42. The van der Waals surface area contributed by atoms with Crippen LogP contribution in [0, 0.1) is 0 Å². The largest absolute Gasteiger partial charge is 0.480 e. The van der Waals surface area contributed by atoms with Gasteiger partial charge < -0.3 is 9.52 Å². The summed E-state index contributed by atoms with van der Waals surface area (Å²) in [6.45, 7) is 3.30. The molecule has 96 valence electrons. The fourth-order valence-electron chi connectivity index (χ4n) is 1.12. The third kappa shape index (κ3) is 2.91. The fraction of sp³-hybridized carbons (Fsp3) is 0.364. The average molecular weight is 284 g/mol. The zero-order chi connectivity index (χ0) is 13.2. The normalized spacial score (nSPS) is 11.7. The van der Waals surface area contributed by atoms with Crippen LogP contribution in [0.3, 0.4) is 0 Å². The van der Waals surface area contributed by atoms with Crippen molar-refractivity contribution < 1.29 is 14.3 Å². The first-order chi connectivity index (χ1) is 8.49. The van der Waals surface area contributed by atoms with Crippen molar-refractivity contribution in [2.45, 2.75) is 24.3 Å². The van der Waals surface area contributed by atoms with Crippen LogP contribution in [0.15, 0.2) is 21.9 Å². The standard InChI is InChI=1S/C11H12N2O3S2/c1-11(2,10(14)15)18-6-8-12-13-9(16-8)7-4-3-5-17-7/h3-5H,6H2,1-2H3,(H,14,15).